The Balaban J connectivity index is 1.49. The van der Waals surface area contributed by atoms with Crippen molar-refractivity contribution in [1.82, 2.24) is 0 Å². The summed E-state index contributed by atoms with van der Waals surface area (Å²) in [6.45, 7) is 0. The van der Waals surface area contributed by atoms with Crippen LogP contribution in [0.5, 0.6) is 0 Å². The highest BCUT2D eigenvalue weighted by atomic mass is 19.1. The van der Waals surface area contributed by atoms with E-state index in [1.165, 1.54) is 12.1 Å². The van der Waals surface area contributed by atoms with E-state index in [2.05, 4.69) is 10.6 Å². The number of hydrogen-bond donors (Lipinski definition) is 2. The maximum absolute atomic E-state index is 13.2. The number of anilines is 2. The number of carbonyl (C=O) groups excluding carboxylic acids is 2. The lowest BCUT2D eigenvalue weighted by molar-refractivity contribution is -0.125. The van der Waals surface area contributed by atoms with Crippen LogP contribution in [0.3, 0.4) is 0 Å². The maximum atomic E-state index is 13.2. The Bertz CT molecular complexity index is 866. The lowest BCUT2D eigenvalue weighted by atomic mass is 9.81. The monoisotopic (exact) mass is 365 g/mol. The van der Waals surface area contributed by atoms with E-state index in [0.717, 1.165) is 0 Å². The molecule has 2 amide bonds. The van der Waals surface area contributed by atoms with Crippen molar-refractivity contribution >= 4 is 23.2 Å². The minimum atomic E-state index is -0.393. The van der Waals surface area contributed by atoms with Crippen molar-refractivity contribution < 1.29 is 14.0 Å². The van der Waals surface area contributed by atoms with Crippen LogP contribution in [-0.2, 0) is 9.59 Å². The van der Waals surface area contributed by atoms with Gasteiger partial charge in [-0.1, -0.05) is 6.07 Å². The van der Waals surface area contributed by atoms with Crippen molar-refractivity contribution in [3.05, 3.63) is 59.9 Å². The molecule has 0 radical (unpaired) electrons. The minimum absolute atomic E-state index is 0.0660. The molecule has 5 nitrogen and oxygen atoms in total. The van der Waals surface area contributed by atoms with Gasteiger partial charge in [0.25, 0.3) is 0 Å². The van der Waals surface area contributed by atoms with E-state index in [-0.39, 0.29) is 23.7 Å². The van der Waals surface area contributed by atoms with Crippen LogP contribution in [0.4, 0.5) is 15.8 Å². The normalized spacial score (nSPS) is 19.0. The summed E-state index contributed by atoms with van der Waals surface area (Å²) < 4.78 is 13.2. The molecular formula is C21H20FN3O2. The Hall–Kier alpha value is -3.20. The molecule has 6 heteroatoms. The van der Waals surface area contributed by atoms with Crippen LogP contribution in [0.15, 0.2) is 48.5 Å². The highest BCUT2D eigenvalue weighted by Gasteiger charge is 2.30. The summed E-state index contributed by atoms with van der Waals surface area (Å²) in [6, 6.07) is 14.6. The van der Waals surface area contributed by atoms with Crippen LogP contribution in [-0.4, -0.2) is 11.8 Å². The Labute approximate surface area is 157 Å². The smallest absolute Gasteiger partial charge is 0.227 e. The number of rotatable bonds is 4. The third kappa shape index (κ3) is 4.91. The quantitative estimate of drug-likeness (QED) is 0.856. The average Bonchev–Trinajstić information content (AvgIpc) is 2.68. The Morgan fingerprint density at radius 3 is 1.96 bits per heavy atom. The van der Waals surface area contributed by atoms with Gasteiger partial charge in [0.2, 0.25) is 11.8 Å². The molecule has 2 aromatic rings. The van der Waals surface area contributed by atoms with Gasteiger partial charge in [-0.25, -0.2) is 4.39 Å². The van der Waals surface area contributed by atoms with Crippen molar-refractivity contribution in [1.29, 1.82) is 5.26 Å². The molecule has 0 saturated heterocycles. The van der Waals surface area contributed by atoms with Gasteiger partial charge in [0.1, 0.15) is 5.82 Å². The van der Waals surface area contributed by atoms with Gasteiger partial charge >= 0.3 is 0 Å². The van der Waals surface area contributed by atoms with Crippen LogP contribution in [0.1, 0.15) is 31.2 Å². The van der Waals surface area contributed by atoms with Crippen molar-refractivity contribution in [3.8, 4) is 6.07 Å². The molecule has 0 atom stereocenters. The zero-order valence-corrected chi connectivity index (χ0v) is 14.7. The lowest BCUT2D eigenvalue weighted by Gasteiger charge is -2.27. The minimum Gasteiger partial charge on any atom is -0.326 e. The molecule has 0 spiro atoms. The summed E-state index contributed by atoms with van der Waals surface area (Å²) in [5, 5.41) is 14.4. The molecule has 3 rings (SSSR count). The number of nitrogens with zero attached hydrogens (tertiary/aromatic N) is 1. The van der Waals surface area contributed by atoms with E-state index in [1.807, 2.05) is 6.07 Å². The summed E-state index contributed by atoms with van der Waals surface area (Å²) in [7, 11) is 0. The second-order valence-corrected chi connectivity index (χ2v) is 6.73. The van der Waals surface area contributed by atoms with Crippen molar-refractivity contribution in [2.75, 3.05) is 10.6 Å². The van der Waals surface area contributed by atoms with Crippen LogP contribution >= 0.6 is 0 Å². The Morgan fingerprint density at radius 1 is 0.889 bits per heavy atom. The van der Waals surface area contributed by atoms with Crippen LogP contribution in [0.25, 0.3) is 0 Å². The predicted molar refractivity (Wildman–Crippen MR) is 100 cm³/mol. The molecule has 0 bridgehead atoms. The van der Waals surface area contributed by atoms with Gasteiger partial charge in [-0.05, 0) is 68.1 Å². The first-order valence-electron chi connectivity index (χ1n) is 8.92. The van der Waals surface area contributed by atoms with E-state index in [0.29, 0.717) is 42.6 Å². The van der Waals surface area contributed by atoms with Crippen LogP contribution < -0.4 is 10.6 Å². The molecule has 27 heavy (non-hydrogen) atoms. The molecule has 2 aromatic carbocycles. The summed E-state index contributed by atoms with van der Waals surface area (Å²) in [6.07, 6.45) is 2.49. The van der Waals surface area contributed by atoms with Crippen molar-refractivity contribution in [2.45, 2.75) is 25.7 Å². The maximum Gasteiger partial charge on any atom is 0.227 e. The van der Waals surface area contributed by atoms with Crippen LogP contribution in [0.2, 0.25) is 0 Å². The van der Waals surface area contributed by atoms with E-state index >= 15 is 0 Å². The van der Waals surface area contributed by atoms with E-state index in [9.17, 15) is 14.0 Å². The number of nitrogens with one attached hydrogen (secondary N) is 2. The molecule has 2 N–H and O–H groups in total. The van der Waals surface area contributed by atoms with Gasteiger partial charge in [0, 0.05) is 23.2 Å². The van der Waals surface area contributed by atoms with Gasteiger partial charge in [-0.3, -0.25) is 9.59 Å². The molecule has 0 heterocycles. The SMILES string of the molecule is N#Cc1ccc(NC(=O)C2CCC(C(=O)Nc3cccc(F)c3)CC2)cc1. The molecule has 1 fully saturated rings. The standard InChI is InChI=1S/C21H20FN3O2/c22-17-2-1-3-19(12-17)25-21(27)16-8-6-15(7-9-16)20(26)24-18-10-4-14(13-23)5-11-18/h1-5,10-12,15-16H,6-9H2,(H,24,26)(H,25,27). The first-order chi connectivity index (χ1) is 13.0. The molecule has 0 aromatic heterocycles. The fraction of sp³-hybridized carbons (Fsp3) is 0.286. The Kier molecular flexibility index (Phi) is 5.82. The molecule has 0 aliphatic heterocycles. The van der Waals surface area contributed by atoms with Gasteiger partial charge in [0.05, 0.1) is 11.6 Å². The fourth-order valence-electron chi connectivity index (χ4n) is 3.30. The topological polar surface area (TPSA) is 82.0 Å². The second kappa shape index (κ2) is 8.45. The molecule has 0 unspecified atom stereocenters. The summed E-state index contributed by atoms with van der Waals surface area (Å²) in [5.41, 5.74) is 1.64. The lowest BCUT2D eigenvalue weighted by Crippen LogP contribution is -2.32. The summed E-state index contributed by atoms with van der Waals surface area (Å²) >= 11 is 0. The number of benzene rings is 2. The molecule has 1 saturated carbocycles. The van der Waals surface area contributed by atoms with Crippen molar-refractivity contribution in [3.63, 3.8) is 0 Å². The highest BCUT2D eigenvalue weighted by Crippen LogP contribution is 2.30. The number of amides is 2. The third-order valence-electron chi connectivity index (χ3n) is 4.84. The van der Waals surface area contributed by atoms with E-state index < -0.39 is 5.82 Å². The van der Waals surface area contributed by atoms with Crippen LogP contribution in [0, 0.1) is 29.0 Å². The molecular weight excluding hydrogens is 345 g/mol. The Morgan fingerprint density at radius 2 is 1.44 bits per heavy atom. The van der Waals surface area contributed by atoms with E-state index in [1.54, 1.807) is 36.4 Å². The van der Waals surface area contributed by atoms with Gasteiger partial charge in [-0.2, -0.15) is 5.26 Å². The first-order valence-corrected chi connectivity index (χ1v) is 8.92. The number of halogens is 1. The predicted octanol–water partition coefficient (Wildman–Crippen LogP) is 4.08. The third-order valence-corrected chi connectivity index (χ3v) is 4.84. The highest BCUT2D eigenvalue weighted by molar-refractivity contribution is 5.94. The summed E-state index contributed by atoms with van der Waals surface area (Å²) in [4.78, 5) is 24.8. The van der Waals surface area contributed by atoms with Crippen molar-refractivity contribution in [2.24, 2.45) is 11.8 Å². The first kappa shape index (κ1) is 18.6. The summed E-state index contributed by atoms with van der Waals surface area (Å²) in [5.74, 6) is -0.905. The van der Waals surface area contributed by atoms with Gasteiger partial charge in [-0.15, -0.1) is 0 Å². The van der Waals surface area contributed by atoms with E-state index in [4.69, 9.17) is 5.26 Å². The molecule has 138 valence electrons. The average molecular weight is 365 g/mol. The zero-order valence-electron chi connectivity index (χ0n) is 14.7. The number of hydrogen-bond acceptors (Lipinski definition) is 3. The fourth-order valence-corrected chi connectivity index (χ4v) is 3.30. The second-order valence-electron chi connectivity index (χ2n) is 6.73. The number of nitriles is 1. The largest absolute Gasteiger partial charge is 0.326 e. The molecule has 1 aliphatic rings. The van der Waals surface area contributed by atoms with Gasteiger partial charge < -0.3 is 10.6 Å². The zero-order chi connectivity index (χ0) is 19.2. The molecule has 1 aliphatic carbocycles. The van der Waals surface area contributed by atoms with Gasteiger partial charge in [0.15, 0.2) is 0 Å². The number of carbonyl (C=O) groups is 2.